The molecular weight excluding hydrogens is 494 g/mol. The lowest BCUT2D eigenvalue weighted by Crippen LogP contribution is -2.54. The number of hydrogen-bond acceptors (Lipinski definition) is 7. The van der Waals surface area contributed by atoms with Crippen molar-refractivity contribution in [3.8, 4) is 11.5 Å². The van der Waals surface area contributed by atoms with Gasteiger partial charge in [-0.3, -0.25) is 4.79 Å². The van der Waals surface area contributed by atoms with Crippen LogP contribution in [0.2, 0.25) is 5.02 Å². The number of methoxy groups -OCH3 is 1. The monoisotopic (exact) mass is 531 g/mol. The summed E-state index contributed by atoms with van der Waals surface area (Å²) in [6.45, 7) is 10.5. The van der Waals surface area contributed by atoms with Gasteiger partial charge in [0.25, 0.3) is 0 Å². The largest absolute Gasteiger partial charge is 0.493 e. The van der Waals surface area contributed by atoms with E-state index in [0.717, 1.165) is 36.6 Å². The van der Waals surface area contributed by atoms with Crippen molar-refractivity contribution < 1.29 is 24.1 Å². The van der Waals surface area contributed by atoms with Crippen LogP contribution in [0.3, 0.4) is 0 Å². The first-order valence-electron chi connectivity index (χ1n) is 12.9. The summed E-state index contributed by atoms with van der Waals surface area (Å²) in [6.07, 6.45) is 2.86. The van der Waals surface area contributed by atoms with E-state index in [0.29, 0.717) is 23.9 Å². The first-order chi connectivity index (χ1) is 17.5. The summed E-state index contributed by atoms with van der Waals surface area (Å²) >= 11 is 5.96. The molecule has 9 heteroatoms. The third-order valence-corrected chi connectivity index (χ3v) is 7.72. The molecule has 2 unspecified atom stereocenters. The van der Waals surface area contributed by atoms with Crippen molar-refractivity contribution in [3.05, 3.63) is 47.1 Å². The van der Waals surface area contributed by atoms with Crippen molar-refractivity contribution in [2.24, 2.45) is 5.41 Å². The Labute approximate surface area is 224 Å². The van der Waals surface area contributed by atoms with Gasteiger partial charge in [-0.1, -0.05) is 31.5 Å². The Kier molecular flexibility index (Phi) is 8.21. The molecule has 1 aromatic carbocycles. The number of anilines is 1. The molecule has 0 bridgehead atoms. The van der Waals surface area contributed by atoms with Gasteiger partial charge < -0.3 is 29.1 Å². The second-order valence-electron chi connectivity index (χ2n) is 10.8. The molecule has 0 spiro atoms. The van der Waals surface area contributed by atoms with Crippen molar-refractivity contribution in [3.63, 3.8) is 0 Å². The number of rotatable bonds is 10. The fourth-order valence-electron chi connectivity index (χ4n) is 5.09. The third kappa shape index (κ3) is 6.48. The number of aliphatic hydroxyl groups is 1. The zero-order valence-electron chi connectivity index (χ0n) is 22.4. The topological polar surface area (TPSA) is 84.4 Å². The van der Waals surface area contributed by atoms with E-state index in [4.69, 9.17) is 25.8 Å². The van der Waals surface area contributed by atoms with Crippen LogP contribution in [0.1, 0.15) is 52.0 Å². The Morgan fingerprint density at radius 3 is 2.59 bits per heavy atom. The number of benzene rings is 1. The fraction of sp³-hybridized carbons (Fsp3) is 0.571. The van der Waals surface area contributed by atoms with E-state index in [1.807, 2.05) is 23.1 Å². The lowest BCUT2D eigenvalue weighted by atomic mass is 9.74. The molecule has 3 heterocycles. The highest BCUT2D eigenvalue weighted by Gasteiger charge is 2.44. The number of nitrogens with zero attached hydrogens (tertiary/aromatic N) is 3. The number of aromatic nitrogens is 1. The molecule has 4 rings (SSSR count). The lowest BCUT2D eigenvalue weighted by molar-refractivity contribution is -0.178. The third-order valence-electron chi connectivity index (χ3n) is 7.50. The summed E-state index contributed by atoms with van der Waals surface area (Å²) in [4.78, 5) is 21.4. The van der Waals surface area contributed by atoms with Crippen LogP contribution in [0.25, 0.3) is 0 Å². The van der Waals surface area contributed by atoms with E-state index in [1.54, 1.807) is 27.2 Å². The first kappa shape index (κ1) is 27.5. The van der Waals surface area contributed by atoms with Gasteiger partial charge in [0, 0.05) is 25.2 Å². The van der Waals surface area contributed by atoms with Crippen LogP contribution in [-0.2, 0) is 9.53 Å². The SMILES string of the molecule is CCC1(C)CN(C(=O)CCOC(C)(C)O)CC1c1ccc(OC)c(OC2CN(c3ccc(Cl)cn3)C2)c1. The Hall–Kier alpha value is -2.55. The van der Waals surface area contributed by atoms with Crippen LogP contribution >= 0.6 is 11.6 Å². The van der Waals surface area contributed by atoms with Crippen molar-refractivity contribution in [2.75, 3.05) is 44.8 Å². The number of likely N-dealkylation sites (tertiary alicyclic amines) is 1. The summed E-state index contributed by atoms with van der Waals surface area (Å²) in [5.41, 5.74) is 1.07. The minimum absolute atomic E-state index is 0.0246. The van der Waals surface area contributed by atoms with Gasteiger partial charge in [-0.25, -0.2) is 4.98 Å². The van der Waals surface area contributed by atoms with Gasteiger partial charge in [0.1, 0.15) is 11.9 Å². The maximum atomic E-state index is 12.9. The molecule has 2 saturated heterocycles. The van der Waals surface area contributed by atoms with Crippen LogP contribution in [0.4, 0.5) is 5.82 Å². The molecule has 1 amide bonds. The number of pyridine rings is 1. The first-order valence-corrected chi connectivity index (χ1v) is 13.2. The molecule has 0 aliphatic carbocycles. The number of amides is 1. The molecule has 37 heavy (non-hydrogen) atoms. The van der Waals surface area contributed by atoms with Gasteiger partial charge in [-0.05, 0) is 55.5 Å². The number of halogens is 1. The highest BCUT2D eigenvalue weighted by atomic mass is 35.5. The zero-order valence-corrected chi connectivity index (χ0v) is 23.1. The average molecular weight is 532 g/mol. The summed E-state index contributed by atoms with van der Waals surface area (Å²) in [7, 11) is 1.65. The highest BCUT2D eigenvalue weighted by Crippen LogP contribution is 2.47. The van der Waals surface area contributed by atoms with E-state index in [2.05, 4.69) is 35.9 Å². The molecule has 2 aliphatic rings. The smallest absolute Gasteiger partial charge is 0.224 e. The fourth-order valence-corrected chi connectivity index (χ4v) is 5.20. The van der Waals surface area contributed by atoms with Crippen LogP contribution in [0, 0.1) is 5.41 Å². The van der Waals surface area contributed by atoms with Gasteiger partial charge in [-0.15, -0.1) is 0 Å². The van der Waals surface area contributed by atoms with E-state index < -0.39 is 5.79 Å². The number of ether oxygens (including phenoxy) is 3. The number of carbonyl (C=O) groups excluding carboxylic acids is 1. The van der Waals surface area contributed by atoms with Crippen molar-refractivity contribution in [1.29, 1.82) is 0 Å². The van der Waals surface area contributed by atoms with Gasteiger partial charge in [-0.2, -0.15) is 0 Å². The zero-order chi connectivity index (χ0) is 26.8. The normalized spacial score (nSPS) is 22.2. The quantitative estimate of drug-likeness (QED) is 0.452. The summed E-state index contributed by atoms with van der Waals surface area (Å²) in [5, 5.41) is 10.4. The predicted octanol–water partition coefficient (Wildman–Crippen LogP) is 4.49. The van der Waals surface area contributed by atoms with Gasteiger partial charge in [0.2, 0.25) is 5.91 Å². The van der Waals surface area contributed by atoms with Gasteiger partial charge in [0.15, 0.2) is 17.3 Å². The van der Waals surface area contributed by atoms with Gasteiger partial charge >= 0.3 is 0 Å². The molecule has 202 valence electrons. The van der Waals surface area contributed by atoms with Crippen LogP contribution in [-0.4, -0.2) is 72.7 Å². The average Bonchev–Trinajstić information content (AvgIpc) is 3.19. The van der Waals surface area contributed by atoms with Crippen LogP contribution in [0.15, 0.2) is 36.5 Å². The van der Waals surface area contributed by atoms with E-state index in [1.165, 1.54) is 0 Å². The lowest BCUT2D eigenvalue weighted by Gasteiger charge is -2.40. The summed E-state index contributed by atoms with van der Waals surface area (Å²) < 4.78 is 17.3. The minimum atomic E-state index is -1.24. The molecule has 2 aliphatic heterocycles. The Morgan fingerprint density at radius 2 is 1.97 bits per heavy atom. The second-order valence-corrected chi connectivity index (χ2v) is 11.2. The van der Waals surface area contributed by atoms with Gasteiger partial charge in [0.05, 0.1) is 38.2 Å². The maximum Gasteiger partial charge on any atom is 0.224 e. The Morgan fingerprint density at radius 1 is 1.22 bits per heavy atom. The highest BCUT2D eigenvalue weighted by molar-refractivity contribution is 6.30. The van der Waals surface area contributed by atoms with E-state index >= 15 is 0 Å². The molecule has 1 aromatic heterocycles. The summed E-state index contributed by atoms with van der Waals surface area (Å²) in [6, 6.07) is 9.87. The second kappa shape index (κ2) is 11.1. The Balaban J connectivity index is 1.43. The maximum absolute atomic E-state index is 12.9. The molecule has 0 saturated carbocycles. The number of hydrogen-bond donors (Lipinski definition) is 1. The van der Waals surface area contributed by atoms with Crippen LogP contribution < -0.4 is 14.4 Å². The van der Waals surface area contributed by atoms with Crippen molar-refractivity contribution >= 4 is 23.3 Å². The van der Waals surface area contributed by atoms with Crippen molar-refractivity contribution in [1.82, 2.24) is 9.88 Å². The molecule has 2 fully saturated rings. The van der Waals surface area contributed by atoms with E-state index in [-0.39, 0.29) is 36.4 Å². The van der Waals surface area contributed by atoms with E-state index in [9.17, 15) is 9.90 Å². The predicted molar refractivity (Wildman–Crippen MR) is 143 cm³/mol. The molecule has 2 atom stereocenters. The minimum Gasteiger partial charge on any atom is -0.493 e. The molecule has 1 N–H and O–H groups in total. The Bertz CT molecular complexity index is 1080. The molecule has 0 radical (unpaired) electrons. The summed E-state index contributed by atoms with van der Waals surface area (Å²) in [5.74, 6) is 1.26. The molecular formula is C28H38ClN3O5. The molecule has 2 aromatic rings. The van der Waals surface area contributed by atoms with Crippen LogP contribution in [0.5, 0.6) is 11.5 Å². The van der Waals surface area contributed by atoms with Crippen molar-refractivity contribution in [2.45, 2.75) is 58.3 Å². The standard InChI is InChI=1S/C28H38ClN3O5/c1-6-28(4)18-32(26(33)11-12-36-27(2,3)34)17-22(28)19-7-9-23(35-5)24(13-19)37-21-15-31(16-21)25-10-8-20(29)14-30-25/h7-10,13-14,21-22,34H,6,11-12,15-18H2,1-5H3. The number of carbonyl (C=O) groups is 1. The molecule has 8 nitrogen and oxygen atoms in total.